The fraction of sp³-hybridized carbons (Fsp3) is 0.500. The summed E-state index contributed by atoms with van der Waals surface area (Å²) in [5.41, 5.74) is 3.34. The number of carbonyl (C=O) groups is 1. The van der Waals surface area contributed by atoms with Crippen LogP contribution in [-0.4, -0.2) is 15.6 Å². The summed E-state index contributed by atoms with van der Waals surface area (Å²) in [4.78, 5) is 11.1. The zero-order valence-electron chi connectivity index (χ0n) is 12.5. The van der Waals surface area contributed by atoms with E-state index in [1.165, 1.54) is 12.8 Å². The Morgan fingerprint density at radius 2 is 2.00 bits per heavy atom. The van der Waals surface area contributed by atoms with Gasteiger partial charge in [0, 0.05) is 17.1 Å². The summed E-state index contributed by atoms with van der Waals surface area (Å²) < 4.78 is 16.2. The Labute approximate surface area is 128 Å². The first kappa shape index (κ1) is 13.8. The standard InChI is InChI=1S/C18H20FNO2/c19-13-7-12-8-14-5-6-15(10-17(21)22)20(14)18(12)16(9-13)11-3-1-2-4-11/h7-9,11,15H,1-6,10H2,(H,21,22). The van der Waals surface area contributed by atoms with Crippen LogP contribution in [0.1, 0.15) is 61.7 Å². The van der Waals surface area contributed by atoms with Gasteiger partial charge in [-0.25, -0.2) is 4.39 Å². The molecule has 1 aliphatic carbocycles. The van der Waals surface area contributed by atoms with Crippen LogP contribution in [0.25, 0.3) is 10.9 Å². The number of carboxylic acids is 1. The molecule has 116 valence electrons. The van der Waals surface area contributed by atoms with Crippen molar-refractivity contribution in [2.45, 2.75) is 56.9 Å². The van der Waals surface area contributed by atoms with Gasteiger partial charge in [0.15, 0.2) is 0 Å². The van der Waals surface area contributed by atoms with E-state index in [9.17, 15) is 9.18 Å². The molecule has 1 aliphatic heterocycles. The molecule has 4 heteroatoms. The Balaban J connectivity index is 1.90. The molecule has 0 amide bonds. The van der Waals surface area contributed by atoms with Crippen molar-refractivity contribution in [3.8, 4) is 0 Å². The van der Waals surface area contributed by atoms with Gasteiger partial charge in [-0.05, 0) is 55.4 Å². The molecule has 4 rings (SSSR count). The van der Waals surface area contributed by atoms with Crippen molar-refractivity contribution in [3.63, 3.8) is 0 Å². The van der Waals surface area contributed by atoms with E-state index in [1.807, 2.05) is 0 Å². The van der Waals surface area contributed by atoms with E-state index in [2.05, 4.69) is 10.6 Å². The minimum Gasteiger partial charge on any atom is -0.481 e. The highest BCUT2D eigenvalue weighted by Gasteiger charge is 2.30. The molecule has 0 spiro atoms. The number of carboxylic acid groups (broad SMARTS) is 1. The Hall–Kier alpha value is -1.84. The SMILES string of the molecule is O=C(O)CC1CCc2cc3cc(F)cc(C4CCCC4)c3n21. The van der Waals surface area contributed by atoms with E-state index in [4.69, 9.17) is 5.11 Å². The van der Waals surface area contributed by atoms with Crippen LogP contribution < -0.4 is 0 Å². The number of aromatic nitrogens is 1. The second-order valence-electron chi connectivity index (χ2n) is 6.71. The Morgan fingerprint density at radius 3 is 2.73 bits per heavy atom. The van der Waals surface area contributed by atoms with Crippen molar-refractivity contribution in [3.05, 3.63) is 35.3 Å². The van der Waals surface area contributed by atoms with Crippen LogP contribution in [0.3, 0.4) is 0 Å². The zero-order chi connectivity index (χ0) is 15.3. The molecule has 0 saturated heterocycles. The minimum atomic E-state index is -0.760. The van der Waals surface area contributed by atoms with Crippen LogP contribution in [0.2, 0.25) is 0 Å². The highest BCUT2D eigenvalue weighted by molar-refractivity contribution is 5.86. The van der Waals surface area contributed by atoms with Gasteiger partial charge in [0.2, 0.25) is 0 Å². The molecule has 1 aromatic heterocycles. The molecule has 2 heterocycles. The lowest BCUT2D eigenvalue weighted by Gasteiger charge is -2.18. The molecule has 1 saturated carbocycles. The molecule has 3 nitrogen and oxygen atoms in total. The molecule has 22 heavy (non-hydrogen) atoms. The van der Waals surface area contributed by atoms with E-state index in [1.54, 1.807) is 12.1 Å². The van der Waals surface area contributed by atoms with Crippen molar-refractivity contribution in [1.29, 1.82) is 0 Å². The molecule has 1 unspecified atom stereocenters. The van der Waals surface area contributed by atoms with E-state index >= 15 is 0 Å². The Kier molecular flexibility index (Phi) is 3.21. The molecular formula is C18H20FNO2. The number of rotatable bonds is 3. The smallest absolute Gasteiger partial charge is 0.305 e. The van der Waals surface area contributed by atoms with Gasteiger partial charge in [0.1, 0.15) is 5.82 Å². The lowest BCUT2D eigenvalue weighted by atomic mass is 9.95. The van der Waals surface area contributed by atoms with Crippen LogP contribution in [0.5, 0.6) is 0 Å². The quantitative estimate of drug-likeness (QED) is 0.913. The number of benzene rings is 1. The number of aryl methyl sites for hydroxylation is 1. The molecule has 1 atom stereocenters. The molecule has 2 aromatic rings. The van der Waals surface area contributed by atoms with Crippen molar-refractivity contribution in [1.82, 2.24) is 4.57 Å². The molecule has 0 radical (unpaired) electrons. The summed E-state index contributed by atoms with van der Waals surface area (Å²) in [6.07, 6.45) is 6.55. The average molecular weight is 301 g/mol. The lowest BCUT2D eigenvalue weighted by Crippen LogP contribution is -2.11. The highest BCUT2D eigenvalue weighted by atomic mass is 19.1. The van der Waals surface area contributed by atoms with Crippen LogP contribution in [0.15, 0.2) is 18.2 Å². The van der Waals surface area contributed by atoms with Crippen LogP contribution in [0.4, 0.5) is 4.39 Å². The maximum Gasteiger partial charge on any atom is 0.305 e. The Bertz CT molecular complexity index is 743. The summed E-state index contributed by atoms with van der Waals surface area (Å²) in [5.74, 6) is -0.513. The summed E-state index contributed by atoms with van der Waals surface area (Å²) in [6.45, 7) is 0. The molecule has 1 aromatic carbocycles. The van der Waals surface area contributed by atoms with E-state index in [0.717, 1.165) is 47.8 Å². The first-order chi connectivity index (χ1) is 10.6. The third-order valence-electron chi connectivity index (χ3n) is 5.31. The van der Waals surface area contributed by atoms with E-state index in [-0.39, 0.29) is 18.3 Å². The number of nitrogens with zero attached hydrogens (tertiary/aromatic N) is 1. The van der Waals surface area contributed by atoms with Gasteiger partial charge in [0.25, 0.3) is 0 Å². The molecule has 1 N–H and O–H groups in total. The zero-order valence-corrected chi connectivity index (χ0v) is 12.5. The maximum absolute atomic E-state index is 14.0. The maximum atomic E-state index is 14.0. The molecular weight excluding hydrogens is 281 g/mol. The first-order valence-electron chi connectivity index (χ1n) is 8.18. The third-order valence-corrected chi connectivity index (χ3v) is 5.31. The van der Waals surface area contributed by atoms with Crippen LogP contribution in [0, 0.1) is 5.82 Å². The number of aliphatic carboxylic acids is 1. The summed E-state index contributed by atoms with van der Waals surface area (Å²) in [7, 11) is 0. The minimum absolute atomic E-state index is 0.00983. The largest absolute Gasteiger partial charge is 0.481 e. The van der Waals surface area contributed by atoms with Crippen molar-refractivity contribution in [2.24, 2.45) is 0 Å². The Morgan fingerprint density at radius 1 is 1.23 bits per heavy atom. The monoisotopic (exact) mass is 301 g/mol. The van der Waals surface area contributed by atoms with Gasteiger partial charge in [0.05, 0.1) is 11.9 Å². The van der Waals surface area contributed by atoms with Crippen LogP contribution in [-0.2, 0) is 11.2 Å². The van der Waals surface area contributed by atoms with Crippen molar-refractivity contribution < 1.29 is 14.3 Å². The number of fused-ring (bicyclic) bond motifs is 3. The van der Waals surface area contributed by atoms with E-state index < -0.39 is 5.97 Å². The van der Waals surface area contributed by atoms with Crippen molar-refractivity contribution in [2.75, 3.05) is 0 Å². The number of hydrogen-bond acceptors (Lipinski definition) is 1. The fourth-order valence-corrected chi connectivity index (χ4v) is 4.42. The van der Waals surface area contributed by atoms with E-state index in [0.29, 0.717) is 5.92 Å². The summed E-state index contributed by atoms with van der Waals surface area (Å²) >= 11 is 0. The van der Waals surface area contributed by atoms with Gasteiger partial charge in [-0.3, -0.25) is 4.79 Å². The second kappa shape index (κ2) is 5.11. The number of halogens is 1. The predicted molar refractivity (Wildman–Crippen MR) is 82.7 cm³/mol. The third kappa shape index (κ3) is 2.13. The average Bonchev–Trinajstić information content (AvgIpc) is 3.14. The van der Waals surface area contributed by atoms with Gasteiger partial charge in [-0.15, -0.1) is 0 Å². The van der Waals surface area contributed by atoms with Gasteiger partial charge in [-0.1, -0.05) is 12.8 Å². The number of hydrogen-bond donors (Lipinski definition) is 1. The lowest BCUT2D eigenvalue weighted by molar-refractivity contribution is -0.137. The van der Waals surface area contributed by atoms with Gasteiger partial charge < -0.3 is 9.67 Å². The molecule has 0 bridgehead atoms. The van der Waals surface area contributed by atoms with Crippen LogP contribution >= 0.6 is 0 Å². The fourth-order valence-electron chi connectivity index (χ4n) is 4.42. The predicted octanol–water partition coefficient (Wildman–Crippen LogP) is 4.40. The first-order valence-corrected chi connectivity index (χ1v) is 8.18. The summed E-state index contributed by atoms with van der Waals surface area (Å²) in [6, 6.07) is 5.34. The molecule has 2 aliphatic rings. The van der Waals surface area contributed by atoms with Crippen molar-refractivity contribution >= 4 is 16.9 Å². The van der Waals surface area contributed by atoms with Gasteiger partial charge >= 0.3 is 5.97 Å². The molecule has 1 fully saturated rings. The van der Waals surface area contributed by atoms with Gasteiger partial charge in [-0.2, -0.15) is 0 Å². The topological polar surface area (TPSA) is 42.2 Å². The normalized spacial score (nSPS) is 21.6. The second-order valence-corrected chi connectivity index (χ2v) is 6.71. The highest BCUT2D eigenvalue weighted by Crippen LogP contribution is 2.42. The summed E-state index contributed by atoms with van der Waals surface area (Å²) in [5, 5.41) is 10.1.